The lowest BCUT2D eigenvalue weighted by Crippen LogP contribution is -1.88. The minimum atomic E-state index is 0.841. The average Bonchev–Trinajstić information content (AvgIpc) is 2.75. The number of rotatable bonds is 1. The van der Waals surface area contributed by atoms with Crippen molar-refractivity contribution in [2.45, 2.75) is 0 Å². The van der Waals surface area contributed by atoms with Crippen LogP contribution in [0, 0.1) is 0 Å². The fourth-order valence-electron chi connectivity index (χ4n) is 1.67. The lowest BCUT2D eigenvalue weighted by molar-refractivity contribution is 0.768. The maximum Gasteiger partial charge on any atom is 0.116 e. The first-order valence-corrected chi connectivity index (χ1v) is 4.88. The van der Waals surface area contributed by atoms with E-state index in [4.69, 9.17) is 0 Å². The third-order valence-corrected chi connectivity index (χ3v) is 2.40. The van der Waals surface area contributed by atoms with E-state index in [0.29, 0.717) is 0 Å². The number of fused-ring (bicyclic) bond motifs is 1. The van der Waals surface area contributed by atoms with E-state index >= 15 is 0 Å². The monoisotopic (exact) mass is 211 g/mol. The third-order valence-electron chi connectivity index (χ3n) is 2.40. The van der Waals surface area contributed by atoms with E-state index in [-0.39, 0.29) is 0 Å². The summed E-state index contributed by atoms with van der Waals surface area (Å²) in [4.78, 5) is 12.6. The maximum absolute atomic E-state index is 4.35. The fourth-order valence-corrected chi connectivity index (χ4v) is 1.67. The quantitative estimate of drug-likeness (QED) is 0.611. The Kier molecular flexibility index (Phi) is 1.89. The van der Waals surface area contributed by atoms with Gasteiger partial charge in [-0.15, -0.1) is 0 Å². The van der Waals surface area contributed by atoms with E-state index in [1.54, 1.807) is 23.3 Å². The zero-order valence-corrected chi connectivity index (χ0v) is 8.70. The molecule has 0 bridgehead atoms. The third kappa shape index (κ3) is 1.33. The summed E-state index contributed by atoms with van der Waals surface area (Å²) >= 11 is 0. The summed E-state index contributed by atoms with van der Waals surface area (Å²) in [6.07, 6.45) is 8.77. The first-order valence-electron chi connectivity index (χ1n) is 4.88. The SMILES string of the molecule is Cn1cc(-c2nccc3cncnc23)cn1. The Morgan fingerprint density at radius 1 is 1.19 bits per heavy atom. The van der Waals surface area contributed by atoms with Crippen molar-refractivity contribution in [2.75, 3.05) is 0 Å². The van der Waals surface area contributed by atoms with Crippen molar-refractivity contribution in [3.05, 3.63) is 37.2 Å². The Morgan fingerprint density at radius 2 is 2.12 bits per heavy atom. The van der Waals surface area contributed by atoms with Gasteiger partial charge >= 0.3 is 0 Å². The molecule has 5 nitrogen and oxygen atoms in total. The van der Waals surface area contributed by atoms with Gasteiger partial charge in [0, 0.05) is 36.6 Å². The predicted molar refractivity (Wildman–Crippen MR) is 59.5 cm³/mol. The largest absolute Gasteiger partial charge is 0.275 e. The highest BCUT2D eigenvalue weighted by Gasteiger charge is 2.07. The Bertz CT molecular complexity index is 638. The van der Waals surface area contributed by atoms with E-state index in [1.165, 1.54) is 6.33 Å². The molecule has 0 aromatic carbocycles. The summed E-state index contributed by atoms with van der Waals surface area (Å²) in [6, 6.07) is 1.90. The molecule has 0 fully saturated rings. The molecule has 3 aromatic heterocycles. The summed E-state index contributed by atoms with van der Waals surface area (Å²) in [5, 5.41) is 5.12. The Labute approximate surface area is 91.8 Å². The van der Waals surface area contributed by atoms with Crippen LogP contribution in [0.4, 0.5) is 0 Å². The normalized spacial score (nSPS) is 10.8. The minimum absolute atomic E-state index is 0.841. The van der Waals surface area contributed by atoms with Crippen LogP contribution in [-0.2, 0) is 7.05 Å². The molecule has 0 spiro atoms. The highest BCUT2D eigenvalue weighted by atomic mass is 15.2. The zero-order chi connectivity index (χ0) is 11.0. The molecule has 3 aromatic rings. The van der Waals surface area contributed by atoms with Gasteiger partial charge in [0.1, 0.15) is 6.33 Å². The maximum atomic E-state index is 4.35. The molecule has 0 aliphatic heterocycles. The molecule has 3 heterocycles. The summed E-state index contributed by atoms with van der Waals surface area (Å²) < 4.78 is 1.75. The van der Waals surface area contributed by atoms with Gasteiger partial charge in [-0.05, 0) is 6.07 Å². The van der Waals surface area contributed by atoms with E-state index in [0.717, 1.165) is 22.2 Å². The van der Waals surface area contributed by atoms with Crippen LogP contribution in [-0.4, -0.2) is 24.7 Å². The molecule has 0 amide bonds. The van der Waals surface area contributed by atoms with Crippen LogP contribution in [0.2, 0.25) is 0 Å². The molecule has 0 atom stereocenters. The van der Waals surface area contributed by atoms with Crippen molar-refractivity contribution in [2.24, 2.45) is 7.05 Å². The molecule has 0 saturated heterocycles. The van der Waals surface area contributed by atoms with E-state index in [9.17, 15) is 0 Å². The van der Waals surface area contributed by atoms with Crippen LogP contribution in [0.5, 0.6) is 0 Å². The van der Waals surface area contributed by atoms with Crippen molar-refractivity contribution < 1.29 is 0 Å². The summed E-state index contributed by atoms with van der Waals surface area (Å²) in [7, 11) is 1.88. The zero-order valence-electron chi connectivity index (χ0n) is 8.70. The van der Waals surface area contributed by atoms with Crippen LogP contribution in [0.25, 0.3) is 22.2 Å². The highest BCUT2D eigenvalue weighted by Crippen LogP contribution is 2.22. The molecular weight excluding hydrogens is 202 g/mol. The number of hydrogen-bond donors (Lipinski definition) is 0. The summed E-state index contributed by atoms with van der Waals surface area (Å²) in [5.41, 5.74) is 2.66. The van der Waals surface area contributed by atoms with Crippen molar-refractivity contribution in [3.8, 4) is 11.3 Å². The van der Waals surface area contributed by atoms with Crippen molar-refractivity contribution >= 4 is 10.9 Å². The summed E-state index contributed by atoms with van der Waals surface area (Å²) in [5.74, 6) is 0. The Morgan fingerprint density at radius 3 is 2.94 bits per heavy atom. The minimum Gasteiger partial charge on any atom is -0.275 e. The number of nitrogens with zero attached hydrogens (tertiary/aromatic N) is 5. The lowest BCUT2D eigenvalue weighted by Gasteiger charge is -2.00. The topological polar surface area (TPSA) is 56.5 Å². The number of aryl methyl sites for hydroxylation is 1. The number of pyridine rings is 1. The molecule has 0 saturated carbocycles. The van der Waals surface area contributed by atoms with Gasteiger partial charge in [-0.25, -0.2) is 9.97 Å². The molecule has 0 N–H and O–H groups in total. The molecule has 5 heteroatoms. The molecule has 0 aliphatic rings. The lowest BCUT2D eigenvalue weighted by atomic mass is 10.2. The smallest absolute Gasteiger partial charge is 0.116 e. The molecule has 78 valence electrons. The molecule has 0 radical (unpaired) electrons. The van der Waals surface area contributed by atoms with Gasteiger partial charge in [0.15, 0.2) is 0 Å². The second-order valence-corrected chi connectivity index (χ2v) is 3.52. The Hall–Kier alpha value is -2.30. The van der Waals surface area contributed by atoms with Gasteiger partial charge in [-0.3, -0.25) is 9.67 Å². The first kappa shape index (κ1) is 8.96. The molecule has 3 rings (SSSR count). The molecule has 0 unspecified atom stereocenters. The molecule has 0 aliphatic carbocycles. The first-order chi connectivity index (χ1) is 7.84. The van der Waals surface area contributed by atoms with Crippen molar-refractivity contribution in [1.29, 1.82) is 0 Å². The van der Waals surface area contributed by atoms with E-state index < -0.39 is 0 Å². The molecular formula is C11H9N5. The van der Waals surface area contributed by atoms with Gasteiger partial charge < -0.3 is 0 Å². The van der Waals surface area contributed by atoms with Gasteiger partial charge in [-0.1, -0.05) is 0 Å². The van der Waals surface area contributed by atoms with E-state index in [2.05, 4.69) is 20.1 Å². The highest BCUT2D eigenvalue weighted by molar-refractivity contribution is 5.90. The van der Waals surface area contributed by atoms with Crippen molar-refractivity contribution in [1.82, 2.24) is 24.7 Å². The van der Waals surface area contributed by atoms with Crippen LogP contribution in [0.3, 0.4) is 0 Å². The standard InChI is InChI=1S/C11H9N5/c1-16-6-9(5-15-16)11-10-8(2-3-13-11)4-12-7-14-10/h2-7H,1H3. The second-order valence-electron chi connectivity index (χ2n) is 3.52. The van der Waals surface area contributed by atoms with Crippen LogP contribution >= 0.6 is 0 Å². The Balaban J connectivity index is 2.31. The average molecular weight is 211 g/mol. The van der Waals surface area contributed by atoms with E-state index in [1.807, 2.05) is 19.3 Å². The van der Waals surface area contributed by atoms with Gasteiger partial charge in [0.25, 0.3) is 0 Å². The molecule has 16 heavy (non-hydrogen) atoms. The van der Waals surface area contributed by atoms with Crippen LogP contribution in [0.15, 0.2) is 37.2 Å². The summed E-state index contributed by atoms with van der Waals surface area (Å²) in [6.45, 7) is 0. The van der Waals surface area contributed by atoms with Gasteiger partial charge in [0.05, 0.1) is 17.4 Å². The predicted octanol–water partition coefficient (Wildman–Crippen LogP) is 1.43. The van der Waals surface area contributed by atoms with Gasteiger partial charge in [0.2, 0.25) is 0 Å². The fraction of sp³-hybridized carbons (Fsp3) is 0.0909. The number of hydrogen-bond acceptors (Lipinski definition) is 4. The number of aromatic nitrogens is 5. The van der Waals surface area contributed by atoms with Crippen LogP contribution in [0.1, 0.15) is 0 Å². The van der Waals surface area contributed by atoms with Gasteiger partial charge in [-0.2, -0.15) is 5.10 Å². The second kappa shape index (κ2) is 3.37. The van der Waals surface area contributed by atoms with Crippen molar-refractivity contribution in [3.63, 3.8) is 0 Å². The van der Waals surface area contributed by atoms with Crippen LogP contribution < -0.4 is 0 Å².